The van der Waals surface area contributed by atoms with Crippen LogP contribution in [-0.2, 0) is 4.79 Å². The Kier molecular flexibility index (Phi) is 4.95. The molecule has 0 N–H and O–H groups in total. The van der Waals surface area contributed by atoms with Crippen LogP contribution in [-0.4, -0.2) is 59.5 Å². The minimum absolute atomic E-state index is 0.0724. The van der Waals surface area contributed by atoms with Gasteiger partial charge in [-0.25, -0.2) is 4.98 Å². The number of anilines is 2. The van der Waals surface area contributed by atoms with E-state index < -0.39 is 0 Å². The number of benzene rings is 1. The Bertz CT molecular complexity index is 881. The molecule has 0 radical (unpaired) electrons. The first-order valence-corrected chi connectivity index (χ1v) is 9.51. The molecule has 1 unspecified atom stereocenters. The van der Waals surface area contributed by atoms with Gasteiger partial charge in [-0.3, -0.25) is 19.8 Å². The van der Waals surface area contributed by atoms with Crippen molar-refractivity contribution in [2.75, 3.05) is 42.5 Å². The standard InChI is InChI=1S/C20H23N5O3/c1-15-7-9-21-19(18(15)25(27)28)23-13-11-22(12-14-23)17-8-10-24(20(17)26)16-5-3-2-4-6-16/h2-7,9,17H,8,10-14H2,1H3. The Balaban J connectivity index is 1.44. The van der Waals surface area contributed by atoms with Gasteiger partial charge in [-0.15, -0.1) is 0 Å². The Labute approximate surface area is 163 Å². The van der Waals surface area contributed by atoms with Crippen molar-refractivity contribution in [2.45, 2.75) is 19.4 Å². The smallest absolute Gasteiger partial charge is 0.314 e. The first-order chi connectivity index (χ1) is 13.6. The molecule has 2 aliphatic rings. The van der Waals surface area contributed by atoms with Gasteiger partial charge in [0, 0.05) is 50.2 Å². The van der Waals surface area contributed by atoms with E-state index in [1.165, 1.54) is 0 Å². The van der Waals surface area contributed by atoms with Gasteiger partial charge >= 0.3 is 5.69 Å². The van der Waals surface area contributed by atoms with Gasteiger partial charge in [0.05, 0.1) is 11.0 Å². The van der Waals surface area contributed by atoms with Gasteiger partial charge in [0.1, 0.15) is 0 Å². The van der Waals surface area contributed by atoms with Crippen molar-refractivity contribution in [3.8, 4) is 0 Å². The van der Waals surface area contributed by atoms with Gasteiger partial charge in [0.2, 0.25) is 11.7 Å². The number of para-hydroxylation sites is 1. The molecule has 1 amide bonds. The van der Waals surface area contributed by atoms with Crippen LogP contribution in [0.4, 0.5) is 17.2 Å². The maximum Gasteiger partial charge on any atom is 0.314 e. The molecular formula is C20H23N5O3. The summed E-state index contributed by atoms with van der Waals surface area (Å²) in [5, 5.41) is 11.5. The molecule has 0 bridgehead atoms. The van der Waals surface area contributed by atoms with Crippen molar-refractivity contribution in [1.82, 2.24) is 9.88 Å². The third-order valence-electron chi connectivity index (χ3n) is 5.59. The van der Waals surface area contributed by atoms with Gasteiger partial charge in [0.25, 0.3) is 0 Å². The number of piperazine rings is 1. The molecule has 0 aliphatic carbocycles. The van der Waals surface area contributed by atoms with E-state index in [-0.39, 0.29) is 22.6 Å². The van der Waals surface area contributed by atoms with Crippen LogP contribution in [0.15, 0.2) is 42.6 Å². The van der Waals surface area contributed by atoms with Crippen LogP contribution >= 0.6 is 0 Å². The SMILES string of the molecule is Cc1ccnc(N2CCN(C3CCN(c4ccccc4)C3=O)CC2)c1[N+](=O)[O-]. The maximum absolute atomic E-state index is 12.9. The van der Waals surface area contributed by atoms with E-state index in [4.69, 9.17) is 0 Å². The van der Waals surface area contributed by atoms with Crippen LogP contribution in [0, 0.1) is 17.0 Å². The second-order valence-electron chi connectivity index (χ2n) is 7.21. The number of pyridine rings is 1. The fourth-order valence-corrected chi connectivity index (χ4v) is 4.11. The number of carbonyl (C=O) groups excluding carboxylic acids is 1. The minimum Gasteiger partial charge on any atom is -0.348 e. The van der Waals surface area contributed by atoms with Crippen molar-refractivity contribution < 1.29 is 9.72 Å². The molecule has 0 saturated carbocycles. The number of nitro groups is 1. The van der Waals surface area contributed by atoms with Crippen molar-refractivity contribution in [2.24, 2.45) is 0 Å². The van der Waals surface area contributed by atoms with Crippen LogP contribution in [0.5, 0.6) is 0 Å². The number of hydrogen-bond donors (Lipinski definition) is 0. The summed E-state index contributed by atoms with van der Waals surface area (Å²) in [6.07, 6.45) is 2.42. The Morgan fingerprint density at radius 3 is 2.46 bits per heavy atom. The summed E-state index contributed by atoms with van der Waals surface area (Å²) < 4.78 is 0. The van der Waals surface area contributed by atoms with Crippen LogP contribution in [0.3, 0.4) is 0 Å². The van der Waals surface area contributed by atoms with E-state index >= 15 is 0 Å². The molecule has 4 rings (SSSR count). The quantitative estimate of drug-likeness (QED) is 0.597. The number of aryl methyl sites for hydroxylation is 1. The van der Waals surface area contributed by atoms with Gasteiger partial charge in [-0.1, -0.05) is 18.2 Å². The molecule has 3 heterocycles. The predicted octanol–water partition coefficient (Wildman–Crippen LogP) is 2.23. The van der Waals surface area contributed by atoms with Crippen LogP contribution in [0.2, 0.25) is 0 Å². The molecule has 2 aromatic rings. The monoisotopic (exact) mass is 381 g/mol. The highest BCUT2D eigenvalue weighted by molar-refractivity contribution is 5.99. The van der Waals surface area contributed by atoms with E-state index in [9.17, 15) is 14.9 Å². The number of rotatable bonds is 4. The minimum atomic E-state index is -0.359. The van der Waals surface area contributed by atoms with Crippen molar-refractivity contribution in [3.05, 3.63) is 58.3 Å². The second kappa shape index (κ2) is 7.55. The van der Waals surface area contributed by atoms with Crippen LogP contribution < -0.4 is 9.80 Å². The largest absolute Gasteiger partial charge is 0.348 e. The van der Waals surface area contributed by atoms with Gasteiger partial charge in [-0.05, 0) is 31.5 Å². The predicted molar refractivity (Wildman–Crippen MR) is 107 cm³/mol. The zero-order chi connectivity index (χ0) is 19.7. The second-order valence-corrected chi connectivity index (χ2v) is 7.21. The highest BCUT2D eigenvalue weighted by Crippen LogP contribution is 2.31. The first-order valence-electron chi connectivity index (χ1n) is 9.51. The van der Waals surface area contributed by atoms with E-state index in [2.05, 4.69) is 9.88 Å². The average Bonchev–Trinajstić information content (AvgIpc) is 3.09. The normalized spacial score (nSPS) is 20.6. The number of nitrogens with zero attached hydrogens (tertiary/aromatic N) is 5. The van der Waals surface area contributed by atoms with Crippen LogP contribution in [0.25, 0.3) is 0 Å². The first kappa shape index (κ1) is 18.4. The van der Waals surface area contributed by atoms with Crippen molar-refractivity contribution >= 4 is 23.1 Å². The number of amides is 1. The molecule has 8 nitrogen and oxygen atoms in total. The van der Waals surface area contributed by atoms with Crippen LogP contribution in [0.1, 0.15) is 12.0 Å². The summed E-state index contributed by atoms with van der Waals surface area (Å²) in [5.74, 6) is 0.563. The summed E-state index contributed by atoms with van der Waals surface area (Å²) in [6.45, 7) is 5.06. The summed E-state index contributed by atoms with van der Waals surface area (Å²) >= 11 is 0. The highest BCUT2D eigenvalue weighted by atomic mass is 16.6. The molecule has 2 fully saturated rings. The molecule has 0 spiro atoms. The molecule has 1 aromatic carbocycles. The fraction of sp³-hybridized carbons (Fsp3) is 0.400. The number of carbonyl (C=O) groups is 1. The van der Waals surface area contributed by atoms with Crippen molar-refractivity contribution in [3.63, 3.8) is 0 Å². The van der Waals surface area contributed by atoms with E-state index in [0.29, 0.717) is 37.6 Å². The lowest BCUT2D eigenvalue weighted by molar-refractivity contribution is -0.384. The van der Waals surface area contributed by atoms with E-state index in [0.717, 1.165) is 18.7 Å². The van der Waals surface area contributed by atoms with Gasteiger partial charge in [0.15, 0.2) is 0 Å². The lowest BCUT2D eigenvalue weighted by Crippen LogP contribution is -2.53. The van der Waals surface area contributed by atoms with Crippen molar-refractivity contribution in [1.29, 1.82) is 0 Å². The molecule has 1 aromatic heterocycles. The lowest BCUT2D eigenvalue weighted by atomic mass is 10.1. The van der Waals surface area contributed by atoms with Gasteiger partial charge in [-0.2, -0.15) is 0 Å². The topological polar surface area (TPSA) is 82.8 Å². The zero-order valence-corrected chi connectivity index (χ0v) is 15.8. The third-order valence-corrected chi connectivity index (χ3v) is 5.59. The Morgan fingerprint density at radius 2 is 1.79 bits per heavy atom. The summed E-state index contributed by atoms with van der Waals surface area (Å²) in [6, 6.07) is 11.3. The molecular weight excluding hydrogens is 358 g/mol. The molecule has 2 saturated heterocycles. The Hall–Kier alpha value is -3.00. The lowest BCUT2D eigenvalue weighted by Gasteiger charge is -2.37. The maximum atomic E-state index is 12.9. The highest BCUT2D eigenvalue weighted by Gasteiger charge is 2.38. The Morgan fingerprint density at radius 1 is 1.07 bits per heavy atom. The van der Waals surface area contributed by atoms with E-state index in [1.807, 2.05) is 40.1 Å². The fourth-order valence-electron chi connectivity index (χ4n) is 4.11. The summed E-state index contributed by atoms with van der Waals surface area (Å²) in [5.41, 5.74) is 1.62. The zero-order valence-electron chi connectivity index (χ0n) is 15.8. The third kappa shape index (κ3) is 3.31. The molecule has 1 atom stereocenters. The summed E-state index contributed by atoms with van der Waals surface area (Å²) in [7, 11) is 0. The molecule has 8 heteroatoms. The average molecular weight is 381 g/mol. The molecule has 2 aliphatic heterocycles. The number of hydrogen-bond acceptors (Lipinski definition) is 6. The molecule has 28 heavy (non-hydrogen) atoms. The molecule has 146 valence electrons. The summed E-state index contributed by atoms with van der Waals surface area (Å²) in [4.78, 5) is 34.3. The number of aromatic nitrogens is 1. The van der Waals surface area contributed by atoms with E-state index in [1.54, 1.807) is 19.2 Å². The van der Waals surface area contributed by atoms with Gasteiger partial charge < -0.3 is 9.80 Å².